The third-order valence-electron chi connectivity index (χ3n) is 4.07. The molecule has 0 aromatic rings. The van der Waals surface area contributed by atoms with Gasteiger partial charge in [-0.3, -0.25) is 4.90 Å². The van der Waals surface area contributed by atoms with E-state index in [9.17, 15) is 0 Å². The van der Waals surface area contributed by atoms with Crippen molar-refractivity contribution in [3.05, 3.63) is 0 Å². The molecule has 1 N–H and O–H groups in total. The Morgan fingerprint density at radius 1 is 1.29 bits per heavy atom. The average molecular weight is 196 g/mol. The molecule has 0 radical (unpaired) electrons. The predicted octanol–water partition coefficient (Wildman–Crippen LogP) is 1.72. The highest BCUT2D eigenvalue weighted by Gasteiger charge is 2.37. The van der Waals surface area contributed by atoms with Crippen molar-refractivity contribution in [3.8, 4) is 0 Å². The summed E-state index contributed by atoms with van der Waals surface area (Å²) in [5.74, 6) is 2.08. The fraction of sp³-hybridized carbons (Fsp3) is 1.00. The van der Waals surface area contributed by atoms with Gasteiger partial charge in [-0.1, -0.05) is 13.3 Å². The van der Waals surface area contributed by atoms with Crippen LogP contribution in [-0.2, 0) is 0 Å². The number of likely N-dealkylation sites (N-methyl/N-ethyl adjacent to an activating group) is 1. The molecule has 1 aliphatic carbocycles. The summed E-state index contributed by atoms with van der Waals surface area (Å²) in [4.78, 5) is 2.69. The standard InChI is InChI=1S/C12H24N2/c1-3-13-7-10(2)14-8-11-5-4-6-12(11)9-14/h10-13H,3-9H2,1-2H3. The summed E-state index contributed by atoms with van der Waals surface area (Å²) in [6, 6.07) is 0.737. The van der Waals surface area contributed by atoms with Gasteiger partial charge in [0.1, 0.15) is 0 Å². The molecule has 2 nitrogen and oxygen atoms in total. The maximum absolute atomic E-state index is 3.45. The van der Waals surface area contributed by atoms with Gasteiger partial charge in [0.05, 0.1) is 0 Å². The van der Waals surface area contributed by atoms with Crippen LogP contribution in [0.5, 0.6) is 0 Å². The van der Waals surface area contributed by atoms with Crippen molar-refractivity contribution in [2.45, 2.75) is 39.2 Å². The van der Waals surface area contributed by atoms with Gasteiger partial charge < -0.3 is 5.32 Å². The minimum atomic E-state index is 0.737. The second-order valence-electron chi connectivity index (χ2n) is 5.06. The Labute approximate surface area is 88.1 Å². The molecule has 82 valence electrons. The number of hydrogen-bond acceptors (Lipinski definition) is 2. The Bertz CT molecular complexity index is 169. The van der Waals surface area contributed by atoms with Crippen LogP contribution >= 0.6 is 0 Å². The largest absolute Gasteiger partial charge is 0.315 e. The lowest BCUT2D eigenvalue weighted by atomic mass is 10.0. The molecule has 1 heterocycles. The molecule has 1 aliphatic heterocycles. The predicted molar refractivity (Wildman–Crippen MR) is 60.4 cm³/mol. The molecule has 2 aliphatic rings. The van der Waals surface area contributed by atoms with Gasteiger partial charge in [-0.25, -0.2) is 0 Å². The van der Waals surface area contributed by atoms with Gasteiger partial charge in [0.25, 0.3) is 0 Å². The van der Waals surface area contributed by atoms with Crippen molar-refractivity contribution in [3.63, 3.8) is 0 Å². The van der Waals surface area contributed by atoms with Gasteiger partial charge in [-0.05, 0) is 38.1 Å². The number of fused-ring (bicyclic) bond motifs is 1. The van der Waals surface area contributed by atoms with Crippen molar-refractivity contribution in [2.24, 2.45) is 11.8 Å². The van der Waals surface area contributed by atoms with E-state index in [0.29, 0.717) is 0 Å². The van der Waals surface area contributed by atoms with E-state index in [-0.39, 0.29) is 0 Å². The highest BCUT2D eigenvalue weighted by Crippen LogP contribution is 2.38. The van der Waals surface area contributed by atoms with Gasteiger partial charge >= 0.3 is 0 Å². The number of nitrogens with one attached hydrogen (secondary N) is 1. The van der Waals surface area contributed by atoms with Crippen LogP contribution in [0.25, 0.3) is 0 Å². The van der Waals surface area contributed by atoms with Crippen molar-refractivity contribution >= 4 is 0 Å². The molecule has 2 heteroatoms. The summed E-state index contributed by atoms with van der Waals surface area (Å²) < 4.78 is 0. The quantitative estimate of drug-likeness (QED) is 0.736. The lowest BCUT2D eigenvalue weighted by Gasteiger charge is -2.25. The second kappa shape index (κ2) is 4.63. The smallest absolute Gasteiger partial charge is 0.0192 e. The van der Waals surface area contributed by atoms with E-state index >= 15 is 0 Å². The van der Waals surface area contributed by atoms with Gasteiger partial charge in [0.15, 0.2) is 0 Å². The lowest BCUT2D eigenvalue weighted by Crippen LogP contribution is -2.39. The first kappa shape index (κ1) is 10.4. The van der Waals surface area contributed by atoms with Crippen molar-refractivity contribution in [1.82, 2.24) is 10.2 Å². The summed E-state index contributed by atoms with van der Waals surface area (Å²) >= 11 is 0. The molecule has 2 fully saturated rings. The first-order valence-corrected chi connectivity index (χ1v) is 6.26. The van der Waals surface area contributed by atoms with Crippen LogP contribution < -0.4 is 5.32 Å². The van der Waals surface area contributed by atoms with Gasteiger partial charge in [-0.2, -0.15) is 0 Å². The number of nitrogens with zero attached hydrogens (tertiary/aromatic N) is 1. The van der Waals surface area contributed by atoms with E-state index in [4.69, 9.17) is 0 Å². The van der Waals surface area contributed by atoms with E-state index in [1.54, 1.807) is 0 Å². The van der Waals surface area contributed by atoms with Gasteiger partial charge in [0, 0.05) is 25.7 Å². The molecule has 0 aromatic heterocycles. The molecule has 0 aromatic carbocycles. The van der Waals surface area contributed by atoms with Crippen LogP contribution in [0.1, 0.15) is 33.1 Å². The summed E-state index contributed by atoms with van der Waals surface area (Å²) in [6.45, 7) is 9.56. The van der Waals surface area contributed by atoms with Crippen LogP contribution in [0, 0.1) is 11.8 Å². The van der Waals surface area contributed by atoms with Crippen molar-refractivity contribution in [1.29, 1.82) is 0 Å². The van der Waals surface area contributed by atoms with Crippen LogP contribution in [0.3, 0.4) is 0 Å². The molecule has 3 atom stereocenters. The molecule has 2 rings (SSSR count). The topological polar surface area (TPSA) is 15.3 Å². The van der Waals surface area contributed by atoms with Gasteiger partial charge in [0.2, 0.25) is 0 Å². The number of hydrogen-bond donors (Lipinski definition) is 1. The van der Waals surface area contributed by atoms with Crippen LogP contribution in [0.15, 0.2) is 0 Å². The minimum absolute atomic E-state index is 0.737. The maximum Gasteiger partial charge on any atom is 0.0192 e. The fourth-order valence-corrected chi connectivity index (χ4v) is 3.11. The van der Waals surface area contributed by atoms with E-state index in [1.807, 2.05) is 0 Å². The third kappa shape index (κ3) is 2.12. The van der Waals surface area contributed by atoms with Crippen molar-refractivity contribution in [2.75, 3.05) is 26.2 Å². The Morgan fingerprint density at radius 3 is 2.50 bits per heavy atom. The second-order valence-corrected chi connectivity index (χ2v) is 5.06. The Hall–Kier alpha value is -0.0800. The van der Waals surface area contributed by atoms with Crippen LogP contribution in [0.4, 0.5) is 0 Å². The number of likely N-dealkylation sites (tertiary alicyclic amines) is 1. The SMILES string of the molecule is CCNCC(C)N1CC2CCCC2C1. The molecule has 0 bridgehead atoms. The fourth-order valence-electron chi connectivity index (χ4n) is 3.11. The molecule has 14 heavy (non-hydrogen) atoms. The van der Waals surface area contributed by atoms with Gasteiger partial charge in [-0.15, -0.1) is 0 Å². The highest BCUT2D eigenvalue weighted by molar-refractivity contribution is 4.90. The first-order chi connectivity index (χ1) is 6.81. The zero-order chi connectivity index (χ0) is 9.97. The monoisotopic (exact) mass is 196 g/mol. The Morgan fingerprint density at radius 2 is 1.93 bits per heavy atom. The number of rotatable bonds is 4. The van der Waals surface area contributed by atoms with E-state index in [1.165, 1.54) is 32.4 Å². The highest BCUT2D eigenvalue weighted by atomic mass is 15.2. The maximum atomic E-state index is 3.45. The lowest BCUT2D eigenvalue weighted by molar-refractivity contribution is 0.234. The summed E-state index contributed by atoms with van der Waals surface area (Å²) in [7, 11) is 0. The molecule has 3 unspecified atom stereocenters. The van der Waals surface area contributed by atoms with Crippen LogP contribution in [-0.4, -0.2) is 37.1 Å². The van der Waals surface area contributed by atoms with E-state index < -0.39 is 0 Å². The van der Waals surface area contributed by atoms with E-state index in [0.717, 1.165) is 31.0 Å². The molecule has 0 amide bonds. The normalized spacial score (nSPS) is 34.7. The Balaban J connectivity index is 1.77. The molecule has 1 saturated carbocycles. The van der Waals surface area contributed by atoms with Crippen LogP contribution in [0.2, 0.25) is 0 Å². The molecular weight excluding hydrogens is 172 g/mol. The zero-order valence-electron chi connectivity index (χ0n) is 9.63. The Kier molecular flexibility index (Phi) is 3.45. The van der Waals surface area contributed by atoms with E-state index in [2.05, 4.69) is 24.1 Å². The summed E-state index contributed by atoms with van der Waals surface area (Å²) in [5, 5.41) is 3.45. The molecular formula is C12H24N2. The average Bonchev–Trinajstić information content (AvgIpc) is 2.72. The minimum Gasteiger partial charge on any atom is -0.315 e. The third-order valence-corrected chi connectivity index (χ3v) is 4.07. The van der Waals surface area contributed by atoms with Crippen molar-refractivity contribution < 1.29 is 0 Å². The zero-order valence-corrected chi connectivity index (χ0v) is 9.63. The summed E-state index contributed by atoms with van der Waals surface area (Å²) in [6.07, 6.45) is 4.48. The summed E-state index contributed by atoms with van der Waals surface area (Å²) in [5.41, 5.74) is 0. The molecule has 1 saturated heterocycles. The first-order valence-electron chi connectivity index (χ1n) is 6.26. The molecule has 0 spiro atoms.